The lowest BCUT2D eigenvalue weighted by molar-refractivity contribution is -0.114. The maximum absolute atomic E-state index is 12.0. The third-order valence-corrected chi connectivity index (χ3v) is 3.52. The van der Waals surface area contributed by atoms with Gasteiger partial charge < -0.3 is 15.4 Å². The Hall–Kier alpha value is -2.24. The van der Waals surface area contributed by atoms with Crippen LogP contribution < -0.4 is 10.6 Å². The molecule has 0 aliphatic rings. The van der Waals surface area contributed by atoms with Gasteiger partial charge in [-0.05, 0) is 30.3 Å². The predicted octanol–water partition coefficient (Wildman–Crippen LogP) is 3.83. The minimum Gasteiger partial charge on any atom is -0.465 e. The second kappa shape index (κ2) is 7.85. The van der Waals surface area contributed by atoms with Gasteiger partial charge in [-0.15, -0.1) is 0 Å². The van der Waals surface area contributed by atoms with Gasteiger partial charge in [-0.2, -0.15) is 0 Å². The molecule has 0 aromatic heterocycles. The quantitative estimate of drug-likeness (QED) is 0.802. The molecule has 0 aliphatic carbocycles. The Morgan fingerprint density at radius 3 is 2.52 bits per heavy atom. The third-order valence-electron chi connectivity index (χ3n) is 2.98. The molecule has 0 bridgehead atoms. The SMILES string of the molecule is COC(=O)c1ccccc1NC(=O)CNc1ccc(Cl)cc1Cl. The molecule has 0 unspecified atom stereocenters. The Bertz CT molecular complexity index is 735. The molecule has 0 spiro atoms. The molecule has 120 valence electrons. The van der Waals surface area contributed by atoms with Crippen molar-refractivity contribution in [2.24, 2.45) is 0 Å². The molecule has 2 N–H and O–H groups in total. The maximum Gasteiger partial charge on any atom is 0.339 e. The number of amides is 1. The zero-order valence-corrected chi connectivity index (χ0v) is 13.7. The number of esters is 1. The van der Waals surface area contributed by atoms with Crippen molar-refractivity contribution in [2.45, 2.75) is 0 Å². The van der Waals surface area contributed by atoms with E-state index in [1.807, 2.05) is 0 Å². The molecule has 0 heterocycles. The summed E-state index contributed by atoms with van der Waals surface area (Å²) in [6, 6.07) is 11.5. The van der Waals surface area contributed by atoms with Crippen molar-refractivity contribution in [1.82, 2.24) is 0 Å². The van der Waals surface area contributed by atoms with Gasteiger partial charge in [-0.25, -0.2) is 4.79 Å². The van der Waals surface area contributed by atoms with E-state index in [2.05, 4.69) is 15.4 Å². The topological polar surface area (TPSA) is 67.4 Å². The average Bonchev–Trinajstić information content (AvgIpc) is 2.54. The van der Waals surface area contributed by atoms with Crippen molar-refractivity contribution in [1.29, 1.82) is 0 Å². The van der Waals surface area contributed by atoms with Gasteiger partial charge in [-0.3, -0.25) is 4.79 Å². The first kappa shape index (κ1) is 17.1. The van der Waals surface area contributed by atoms with Gasteiger partial charge in [0.1, 0.15) is 0 Å². The molecule has 0 radical (unpaired) electrons. The highest BCUT2D eigenvalue weighted by atomic mass is 35.5. The van der Waals surface area contributed by atoms with Gasteiger partial charge in [-0.1, -0.05) is 35.3 Å². The van der Waals surface area contributed by atoms with Gasteiger partial charge in [0.25, 0.3) is 0 Å². The summed E-state index contributed by atoms with van der Waals surface area (Å²) in [6.45, 7) is -0.0170. The highest BCUT2D eigenvalue weighted by molar-refractivity contribution is 6.36. The van der Waals surface area contributed by atoms with E-state index in [0.29, 0.717) is 21.4 Å². The molecule has 2 aromatic rings. The molecule has 0 saturated carbocycles. The largest absolute Gasteiger partial charge is 0.465 e. The second-order valence-electron chi connectivity index (χ2n) is 4.56. The minimum absolute atomic E-state index is 0.0170. The predicted molar refractivity (Wildman–Crippen MR) is 91.4 cm³/mol. The van der Waals surface area contributed by atoms with E-state index in [9.17, 15) is 9.59 Å². The summed E-state index contributed by atoms with van der Waals surface area (Å²) in [4.78, 5) is 23.7. The van der Waals surface area contributed by atoms with Crippen LogP contribution in [0.2, 0.25) is 10.0 Å². The number of hydrogen-bond donors (Lipinski definition) is 2. The molecule has 0 atom stereocenters. The van der Waals surface area contributed by atoms with Crippen molar-refractivity contribution in [3.05, 3.63) is 58.1 Å². The number of halogens is 2. The van der Waals surface area contributed by atoms with Crippen molar-refractivity contribution in [3.8, 4) is 0 Å². The van der Waals surface area contributed by atoms with E-state index >= 15 is 0 Å². The lowest BCUT2D eigenvalue weighted by atomic mass is 10.2. The fourth-order valence-electron chi connectivity index (χ4n) is 1.88. The van der Waals surface area contributed by atoms with Crippen LogP contribution in [-0.4, -0.2) is 25.5 Å². The molecule has 0 saturated heterocycles. The monoisotopic (exact) mass is 352 g/mol. The van der Waals surface area contributed by atoms with E-state index < -0.39 is 5.97 Å². The Labute approximate surface area is 143 Å². The number of anilines is 2. The van der Waals surface area contributed by atoms with Crippen LogP contribution in [0.5, 0.6) is 0 Å². The molecule has 0 aliphatic heterocycles. The van der Waals surface area contributed by atoms with Crippen LogP contribution in [0.25, 0.3) is 0 Å². The molecule has 1 amide bonds. The number of rotatable bonds is 5. The molecule has 2 rings (SSSR count). The summed E-state index contributed by atoms with van der Waals surface area (Å²) in [6.07, 6.45) is 0. The van der Waals surface area contributed by atoms with E-state index in [1.54, 1.807) is 42.5 Å². The first-order valence-corrected chi connectivity index (χ1v) is 7.43. The van der Waals surface area contributed by atoms with Crippen LogP contribution in [0.15, 0.2) is 42.5 Å². The Kier molecular flexibility index (Phi) is 5.84. The van der Waals surface area contributed by atoms with E-state index in [0.717, 1.165) is 0 Å². The zero-order valence-electron chi connectivity index (χ0n) is 12.2. The van der Waals surface area contributed by atoms with E-state index in [-0.39, 0.29) is 18.0 Å². The Morgan fingerprint density at radius 2 is 1.83 bits per heavy atom. The number of hydrogen-bond acceptors (Lipinski definition) is 4. The van der Waals surface area contributed by atoms with Crippen molar-refractivity contribution in [2.75, 3.05) is 24.3 Å². The number of nitrogens with one attached hydrogen (secondary N) is 2. The number of ether oxygens (including phenoxy) is 1. The molecule has 7 heteroatoms. The summed E-state index contributed by atoms with van der Waals surface area (Å²) >= 11 is 11.8. The molecule has 2 aromatic carbocycles. The molecule has 5 nitrogen and oxygen atoms in total. The minimum atomic E-state index is -0.519. The standard InChI is InChI=1S/C16H14Cl2N2O3/c1-23-16(22)11-4-2-3-5-13(11)20-15(21)9-19-14-7-6-10(17)8-12(14)18/h2-8,19H,9H2,1H3,(H,20,21). The number of carbonyl (C=O) groups is 2. The van der Waals surface area contributed by atoms with Crippen molar-refractivity contribution < 1.29 is 14.3 Å². The summed E-state index contributed by atoms with van der Waals surface area (Å²) in [5, 5.41) is 6.49. The second-order valence-corrected chi connectivity index (χ2v) is 5.41. The summed E-state index contributed by atoms with van der Waals surface area (Å²) < 4.78 is 4.68. The smallest absolute Gasteiger partial charge is 0.339 e. The molecule has 23 heavy (non-hydrogen) atoms. The number of carbonyl (C=O) groups excluding carboxylic acids is 2. The van der Waals surface area contributed by atoms with Crippen LogP contribution in [0.3, 0.4) is 0 Å². The highest BCUT2D eigenvalue weighted by Gasteiger charge is 2.13. The summed E-state index contributed by atoms with van der Waals surface area (Å²) in [5.74, 6) is -0.845. The zero-order chi connectivity index (χ0) is 16.8. The van der Waals surface area contributed by atoms with E-state index in [1.165, 1.54) is 7.11 Å². The van der Waals surface area contributed by atoms with Crippen LogP contribution >= 0.6 is 23.2 Å². The lowest BCUT2D eigenvalue weighted by Crippen LogP contribution is -2.23. The van der Waals surface area contributed by atoms with E-state index in [4.69, 9.17) is 23.2 Å². The Morgan fingerprint density at radius 1 is 1.09 bits per heavy atom. The molecule has 0 fully saturated rings. The Balaban J connectivity index is 2.01. The van der Waals surface area contributed by atoms with Crippen molar-refractivity contribution in [3.63, 3.8) is 0 Å². The fraction of sp³-hybridized carbons (Fsp3) is 0.125. The molecular weight excluding hydrogens is 339 g/mol. The summed E-state index contributed by atoms with van der Waals surface area (Å²) in [7, 11) is 1.28. The highest BCUT2D eigenvalue weighted by Crippen LogP contribution is 2.25. The van der Waals surface area contributed by atoms with Crippen molar-refractivity contribution >= 4 is 46.5 Å². The van der Waals surface area contributed by atoms with Gasteiger partial charge >= 0.3 is 5.97 Å². The normalized spacial score (nSPS) is 10.0. The van der Waals surface area contributed by atoms with Crippen LogP contribution in [0.4, 0.5) is 11.4 Å². The summed E-state index contributed by atoms with van der Waals surface area (Å²) in [5.41, 5.74) is 1.26. The van der Waals surface area contributed by atoms with Gasteiger partial charge in [0.15, 0.2) is 0 Å². The number of para-hydroxylation sites is 1. The fourth-order valence-corrected chi connectivity index (χ4v) is 2.36. The van der Waals surface area contributed by atoms with Crippen LogP contribution in [-0.2, 0) is 9.53 Å². The van der Waals surface area contributed by atoms with Gasteiger partial charge in [0.05, 0.1) is 35.6 Å². The first-order chi connectivity index (χ1) is 11.0. The van der Waals surface area contributed by atoms with Crippen LogP contribution in [0, 0.1) is 0 Å². The number of benzene rings is 2. The number of methoxy groups -OCH3 is 1. The maximum atomic E-state index is 12.0. The molecular formula is C16H14Cl2N2O3. The first-order valence-electron chi connectivity index (χ1n) is 6.67. The van der Waals surface area contributed by atoms with Gasteiger partial charge in [0, 0.05) is 5.02 Å². The third kappa shape index (κ3) is 4.61. The van der Waals surface area contributed by atoms with Crippen LogP contribution in [0.1, 0.15) is 10.4 Å². The lowest BCUT2D eigenvalue weighted by Gasteiger charge is -2.11. The average molecular weight is 353 g/mol. The van der Waals surface area contributed by atoms with Gasteiger partial charge in [0.2, 0.25) is 5.91 Å².